The van der Waals surface area contributed by atoms with Crippen molar-refractivity contribution in [1.29, 1.82) is 0 Å². The number of phenols is 1. The number of nitrogens with zero attached hydrogens (tertiary/aromatic N) is 1. The van der Waals surface area contributed by atoms with Gasteiger partial charge in [-0.25, -0.2) is 4.98 Å². The quantitative estimate of drug-likeness (QED) is 0.660. The van der Waals surface area contributed by atoms with Gasteiger partial charge in [0.15, 0.2) is 0 Å². The number of benzene rings is 1. The molecule has 0 aliphatic heterocycles. The van der Waals surface area contributed by atoms with Crippen molar-refractivity contribution in [2.24, 2.45) is 0 Å². The third kappa shape index (κ3) is 1.73. The predicted octanol–water partition coefficient (Wildman–Crippen LogP) is 1.52. The smallest absolute Gasteiger partial charge is 0.141 e. The van der Waals surface area contributed by atoms with E-state index in [1.807, 2.05) is 12.1 Å². The van der Waals surface area contributed by atoms with Crippen molar-refractivity contribution in [3.63, 3.8) is 0 Å². The molecule has 0 unspecified atom stereocenters. The Morgan fingerprint density at radius 1 is 1.15 bits per heavy atom. The molecule has 13 heavy (non-hydrogen) atoms. The van der Waals surface area contributed by atoms with E-state index in [9.17, 15) is 5.11 Å². The first-order chi connectivity index (χ1) is 5.77. The maximum absolute atomic E-state index is 9.38. The molecule has 0 spiro atoms. The average molecular weight is 219 g/mol. The van der Waals surface area contributed by atoms with Gasteiger partial charge in [-0.15, -0.1) is 0 Å². The van der Waals surface area contributed by atoms with E-state index in [-0.39, 0.29) is 22.2 Å². The molecule has 4 heteroatoms. The van der Waals surface area contributed by atoms with Crippen LogP contribution in [0, 0.1) is 0 Å². The van der Waals surface area contributed by atoms with Crippen molar-refractivity contribution in [1.82, 2.24) is 4.98 Å². The van der Waals surface area contributed by atoms with Gasteiger partial charge in [-0.1, -0.05) is 12.1 Å². The average Bonchev–Trinajstić information content (AvgIpc) is 2.07. The van der Waals surface area contributed by atoms with E-state index < -0.39 is 0 Å². The van der Waals surface area contributed by atoms with Crippen LogP contribution in [0.25, 0.3) is 10.9 Å². The number of aromatic hydroxyl groups is 1. The zero-order valence-electron chi connectivity index (χ0n) is 6.67. The maximum atomic E-state index is 9.38. The summed E-state index contributed by atoms with van der Waals surface area (Å²) < 4.78 is 0. The molecule has 0 fully saturated rings. The van der Waals surface area contributed by atoms with Gasteiger partial charge in [0.05, 0.1) is 0 Å². The summed E-state index contributed by atoms with van der Waals surface area (Å²) in [6, 6.07) is 8.78. The Morgan fingerprint density at radius 3 is 2.69 bits per heavy atom. The molecule has 0 amide bonds. The second-order valence-electron chi connectivity index (χ2n) is 2.58. The molecule has 0 aliphatic rings. The van der Waals surface area contributed by atoms with E-state index in [2.05, 4.69) is 4.98 Å². The van der Waals surface area contributed by atoms with Gasteiger partial charge in [-0.05, 0) is 18.2 Å². The van der Waals surface area contributed by atoms with Crippen molar-refractivity contribution in [2.45, 2.75) is 0 Å². The van der Waals surface area contributed by atoms with Gasteiger partial charge in [0.1, 0.15) is 17.1 Å². The van der Waals surface area contributed by atoms with Crippen LogP contribution >= 0.6 is 0 Å². The second kappa shape index (κ2) is 3.63. The predicted molar refractivity (Wildman–Crippen MR) is 47.8 cm³/mol. The molecule has 0 radical (unpaired) electrons. The van der Waals surface area contributed by atoms with Gasteiger partial charge in [0.2, 0.25) is 0 Å². The number of phenolic OH excluding ortho intramolecular Hbond substituents is 1. The van der Waals surface area contributed by atoms with Gasteiger partial charge in [0, 0.05) is 21.9 Å². The number of hydrogen-bond acceptors (Lipinski definition) is 3. The number of nitrogen functional groups attached to an aromatic ring is 1. The van der Waals surface area contributed by atoms with E-state index in [0.717, 1.165) is 5.39 Å². The molecule has 0 bridgehead atoms. The molecule has 2 rings (SSSR count). The van der Waals surface area contributed by atoms with E-state index in [1.165, 1.54) is 0 Å². The molecule has 70 valence electrons. The summed E-state index contributed by atoms with van der Waals surface area (Å²) in [5.41, 5.74) is 6.02. The zero-order chi connectivity index (χ0) is 8.55. The van der Waals surface area contributed by atoms with Gasteiger partial charge < -0.3 is 10.8 Å². The molecule has 0 aliphatic carbocycles. The van der Waals surface area contributed by atoms with Gasteiger partial charge in [-0.3, -0.25) is 0 Å². The van der Waals surface area contributed by atoms with Crippen LogP contribution in [0.15, 0.2) is 30.3 Å². The Bertz CT molecular complexity index is 431. The van der Waals surface area contributed by atoms with E-state index in [0.29, 0.717) is 11.3 Å². The number of hydrogen-bond donors (Lipinski definition) is 2. The molecule has 2 aromatic rings. The fourth-order valence-electron chi connectivity index (χ4n) is 1.15. The van der Waals surface area contributed by atoms with Crippen LogP contribution in [0.3, 0.4) is 0 Å². The number of pyridine rings is 1. The second-order valence-corrected chi connectivity index (χ2v) is 2.58. The minimum absolute atomic E-state index is 0. The number of rotatable bonds is 0. The Hall–Kier alpha value is -1.28. The van der Waals surface area contributed by atoms with Crippen LogP contribution in [0.5, 0.6) is 5.75 Å². The summed E-state index contributed by atoms with van der Waals surface area (Å²) in [7, 11) is 0. The first-order valence-corrected chi connectivity index (χ1v) is 3.61. The van der Waals surface area contributed by atoms with Crippen LogP contribution in [0.2, 0.25) is 0 Å². The van der Waals surface area contributed by atoms with Crippen LogP contribution in [0.1, 0.15) is 0 Å². The van der Waals surface area contributed by atoms with E-state index in [4.69, 9.17) is 5.73 Å². The molecule has 0 saturated carbocycles. The van der Waals surface area contributed by atoms with E-state index >= 15 is 0 Å². The fraction of sp³-hybridized carbons (Fsp3) is 0. The van der Waals surface area contributed by atoms with Crippen LogP contribution in [-0.4, -0.2) is 10.1 Å². The molecule has 3 nitrogen and oxygen atoms in total. The third-order valence-corrected chi connectivity index (χ3v) is 1.72. The fourth-order valence-corrected chi connectivity index (χ4v) is 1.15. The molecule has 0 saturated heterocycles. The first kappa shape index (κ1) is 9.81. The minimum Gasteiger partial charge on any atom is -0.506 e. The standard InChI is InChI=1S/C9H8N2O.Ni/c10-8-5-4-6-2-1-3-7(12)9(6)11-8;/h1-5,12H,(H2,10,11);. The number of nitrogens with two attached hydrogens (primary N) is 1. The molecule has 1 aromatic carbocycles. The van der Waals surface area contributed by atoms with Crippen molar-refractivity contribution >= 4 is 16.7 Å². The number of aromatic nitrogens is 1. The molecule has 3 N–H and O–H groups in total. The van der Waals surface area contributed by atoms with Crippen LogP contribution < -0.4 is 5.73 Å². The first-order valence-electron chi connectivity index (χ1n) is 3.61. The van der Waals surface area contributed by atoms with Crippen molar-refractivity contribution in [2.75, 3.05) is 5.73 Å². The SMILES string of the molecule is Nc1ccc2cccc(O)c2n1.[Ni]. The molecule has 0 atom stereocenters. The van der Waals surface area contributed by atoms with Crippen molar-refractivity contribution < 1.29 is 21.6 Å². The largest absolute Gasteiger partial charge is 0.506 e. The maximum Gasteiger partial charge on any atom is 0.141 e. The number of anilines is 1. The normalized spacial score (nSPS) is 9.54. The summed E-state index contributed by atoms with van der Waals surface area (Å²) in [5.74, 6) is 0.587. The van der Waals surface area contributed by atoms with E-state index in [1.54, 1.807) is 18.2 Å². The summed E-state index contributed by atoms with van der Waals surface area (Å²) >= 11 is 0. The van der Waals surface area contributed by atoms with Gasteiger partial charge in [0.25, 0.3) is 0 Å². The van der Waals surface area contributed by atoms with Gasteiger partial charge in [-0.2, -0.15) is 0 Å². The Labute approximate surface area is 85.5 Å². The summed E-state index contributed by atoms with van der Waals surface area (Å²) in [4.78, 5) is 4.00. The molecular weight excluding hydrogens is 211 g/mol. The zero-order valence-corrected chi connectivity index (χ0v) is 7.66. The van der Waals surface area contributed by atoms with Gasteiger partial charge >= 0.3 is 0 Å². The summed E-state index contributed by atoms with van der Waals surface area (Å²) in [5, 5.41) is 10.3. The van der Waals surface area contributed by atoms with Crippen LogP contribution in [-0.2, 0) is 16.5 Å². The van der Waals surface area contributed by atoms with Crippen molar-refractivity contribution in [3.05, 3.63) is 30.3 Å². The third-order valence-electron chi connectivity index (χ3n) is 1.72. The molecule has 1 aromatic heterocycles. The number of para-hydroxylation sites is 1. The molecular formula is C9H8N2NiO. The number of fused-ring (bicyclic) bond motifs is 1. The molecule has 1 heterocycles. The van der Waals surface area contributed by atoms with Crippen LogP contribution in [0.4, 0.5) is 5.82 Å². The topological polar surface area (TPSA) is 59.1 Å². The minimum atomic E-state index is 0. The van der Waals surface area contributed by atoms with Crippen molar-refractivity contribution in [3.8, 4) is 5.75 Å². The summed E-state index contributed by atoms with van der Waals surface area (Å²) in [6.07, 6.45) is 0. The monoisotopic (exact) mass is 218 g/mol. The Balaban J connectivity index is 0.000000845. The Morgan fingerprint density at radius 2 is 1.92 bits per heavy atom. The Kier molecular flexibility index (Phi) is 2.74. The summed E-state index contributed by atoms with van der Waals surface area (Å²) in [6.45, 7) is 0.